The van der Waals surface area contributed by atoms with Gasteiger partial charge in [-0.2, -0.15) is 0 Å². The standard InChI is InChI=1S/C62H119NO5/c1-3-5-7-9-11-13-15-16-33-36-40-44-48-52-56-62(67)68-57-53-49-45-41-37-34-31-29-27-25-23-21-19-17-18-20-22-24-26-28-30-32-35-39-43-47-51-55-61(66)63-59(58-64)60(65)54-50-46-42-38-14-12-10-8-6-4-2/h15-18,59-60,64-65H,3-14,19-58H2,1-2H3,(H,63,66)/b16-15-,18-17-. The van der Waals surface area contributed by atoms with Crippen LogP contribution in [0.15, 0.2) is 24.3 Å². The van der Waals surface area contributed by atoms with Gasteiger partial charge in [0, 0.05) is 12.8 Å². The third-order valence-corrected chi connectivity index (χ3v) is 14.2. The van der Waals surface area contributed by atoms with Crippen LogP contribution in [-0.4, -0.2) is 47.4 Å². The van der Waals surface area contributed by atoms with E-state index in [1.54, 1.807) is 0 Å². The highest BCUT2D eigenvalue weighted by Gasteiger charge is 2.20. The number of ether oxygens (including phenoxy) is 1. The number of aliphatic hydroxyl groups excluding tert-OH is 2. The third kappa shape index (κ3) is 53.7. The van der Waals surface area contributed by atoms with E-state index in [-0.39, 0.29) is 18.5 Å². The predicted molar refractivity (Wildman–Crippen MR) is 296 cm³/mol. The zero-order valence-corrected chi connectivity index (χ0v) is 45.9. The fourth-order valence-electron chi connectivity index (χ4n) is 9.51. The van der Waals surface area contributed by atoms with E-state index in [4.69, 9.17) is 4.74 Å². The number of carbonyl (C=O) groups excluding carboxylic acids is 2. The molecule has 0 fully saturated rings. The van der Waals surface area contributed by atoms with E-state index >= 15 is 0 Å². The minimum absolute atomic E-state index is 0.00663. The average molecular weight is 959 g/mol. The van der Waals surface area contributed by atoms with Crippen LogP contribution in [0.25, 0.3) is 0 Å². The van der Waals surface area contributed by atoms with E-state index in [0.717, 1.165) is 44.9 Å². The number of esters is 1. The lowest BCUT2D eigenvalue weighted by molar-refractivity contribution is -0.143. The van der Waals surface area contributed by atoms with Crippen LogP contribution >= 0.6 is 0 Å². The van der Waals surface area contributed by atoms with E-state index in [1.807, 2.05) is 0 Å². The van der Waals surface area contributed by atoms with Gasteiger partial charge in [0.25, 0.3) is 0 Å². The largest absolute Gasteiger partial charge is 0.466 e. The smallest absolute Gasteiger partial charge is 0.305 e. The molecule has 3 N–H and O–H groups in total. The first-order valence-corrected chi connectivity index (χ1v) is 30.6. The number of amides is 1. The molecule has 0 saturated heterocycles. The summed E-state index contributed by atoms with van der Waals surface area (Å²) in [5.41, 5.74) is 0. The Hall–Kier alpha value is -1.66. The van der Waals surface area contributed by atoms with Crippen LogP contribution in [0.5, 0.6) is 0 Å². The fourth-order valence-corrected chi connectivity index (χ4v) is 9.51. The number of allylic oxidation sites excluding steroid dienone is 4. The maximum Gasteiger partial charge on any atom is 0.305 e. The lowest BCUT2D eigenvalue weighted by atomic mass is 10.0. The fraction of sp³-hybridized carbons (Fsp3) is 0.903. The van der Waals surface area contributed by atoms with Gasteiger partial charge in [-0.25, -0.2) is 0 Å². The van der Waals surface area contributed by atoms with Crippen LogP contribution in [0.3, 0.4) is 0 Å². The van der Waals surface area contributed by atoms with Gasteiger partial charge in [0.1, 0.15) is 0 Å². The summed E-state index contributed by atoms with van der Waals surface area (Å²) in [5, 5.41) is 23.1. The van der Waals surface area contributed by atoms with Gasteiger partial charge in [0.2, 0.25) is 5.91 Å². The Morgan fingerprint density at radius 1 is 0.397 bits per heavy atom. The molecule has 0 aliphatic heterocycles. The highest BCUT2D eigenvalue weighted by Crippen LogP contribution is 2.17. The van der Waals surface area contributed by atoms with Gasteiger partial charge in [-0.15, -0.1) is 0 Å². The van der Waals surface area contributed by atoms with Crippen LogP contribution in [0.1, 0.15) is 335 Å². The molecule has 0 aromatic rings. The Bertz CT molecular complexity index is 1060. The lowest BCUT2D eigenvalue weighted by Gasteiger charge is -2.22. The van der Waals surface area contributed by atoms with Crippen LogP contribution < -0.4 is 5.32 Å². The Morgan fingerprint density at radius 3 is 1.04 bits per heavy atom. The first-order valence-electron chi connectivity index (χ1n) is 30.6. The number of rotatable bonds is 57. The number of hydrogen-bond donors (Lipinski definition) is 3. The van der Waals surface area contributed by atoms with Crippen LogP contribution in [-0.2, 0) is 14.3 Å². The molecule has 0 saturated carbocycles. The SMILES string of the molecule is CCCCCCC/C=C\CCCCCCCC(=O)OCCCCCCCCCCCCCC/C=C\CCCCCCCCCCCCCC(=O)NC(CO)C(O)CCCCCCCCCCCC. The van der Waals surface area contributed by atoms with E-state index in [9.17, 15) is 19.8 Å². The minimum Gasteiger partial charge on any atom is -0.466 e. The van der Waals surface area contributed by atoms with Crippen molar-refractivity contribution in [2.24, 2.45) is 0 Å². The summed E-state index contributed by atoms with van der Waals surface area (Å²) in [7, 11) is 0. The van der Waals surface area contributed by atoms with Gasteiger partial charge in [0.15, 0.2) is 0 Å². The zero-order chi connectivity index (χ0) is 49.3. The topological polar surface area (TPSA) is 95.9 Å². The van der Waals surface area contributed by atoms with Crippen molar-refractivity contribution in [3.63, 3.8) is 0 Å². The first-order chi connectivity index (χ1) is 33.5. The van der Waals surface area contributed by atoms with Crippen molar-refractivity contribution in [3.05, 3.63) is 24.3 Å². The van der Waals surface area contributed by atoms with E-state index in [2.05, 4.69) is 43.5 Å². The highest BCUT2D eigenvalue weighted by atomic mass is 16.5. The molecule has 2 atom stereocenters. The third-order valence-electron chi connectivity index (χ3n) is 14.2. The summed E-state index contributed by atoms with van der Waals surface area (Å²) in [6.07, 6.45) is 70.5. The molecule has 0 aromatic carbocycles. The van der Waals surface area contributed by atoms with Gasteiger partial charge in [-0.05, 0) is 77.0 Å². The summed E-state index contributed by atoms with van der Waals surface area (Å²) >= 11 is 0. The molecule has 0 spiro atoms. The molecular weight excluding hydrogens is 839 g/mol. The van der Waals surface area contributed by atoms with Crippen LogP contribution in [0.2, 0.25) is 0 Å². The van der Waals surface area contributed by atoms with Gasteiger partial charge >= 0.3 is 5.97 Å². The molecule has 0 heterocycles. The van der Waals surface area contributed by atoms with Crippen molar-refractivity contribution in [2.75, 3.05) is 13.2 Å². The van der Waals surface area contributed by atoms with Crippen molar-refractivity contribution in [2.45, 2.75) is 347 Å². The zero-order valence-electron chi connectivity index (χ0n) is 45.9. The number of aliphatic hydroxyl groups is 2. The summed E-state index contributed by atoms with van der Waals surface area (Å²) < 4.78 is 5.48. The Morgan fingerprint density at radius 2 is 0.691 bits per heavy atom. The Balaban J connectivity index is 3.36. The predicted octanol–water partition coefficient (Wildman–Crippen LogP) is 19.0. The molecule has 0 aromatic heterocycles. The quantitative estimate of drug-likeness (QED) is 0.0321. The molecular formula is C62H119NO5. The maximum absolute atomic E-state index is 12.4. The van der Waals surface area contributed by atoms with E-state index in [1.165, 1.54) is 257 Å². The monoisotopic (exact) mass is 958 g/mol. The van der Waals surface area contributed by atoms with Crippen LogP contribution in [0.4, 0.5) is 0 Å². The molecule has 0 rings (SSSR count). The number of carbonyl (C=O) groups is 2. The van der Waals surface area contributed by atoms with Crippen molar-refractivity contribution >= 4 is 11.9 Å². The molecule has 6 heteroatoms. The van der Waals surface area contributed by atoms with Gasteiger partial charge in [-0.3, -0.25) is 9.59 Å². The molecule has 402 valence electrons. The van der Waals surface area contributed by atoms with Crippen LogP contribution in [0, 0.1) is 0 Å². The Kier molecular flexibility index (Phi) is 56.5. The van der Waals surface area contributed by atoms with E-state index < -0.39 is 12.1 Å². The van der Waals surface area contributed by atoms with E-state index in [0.29, 0.717) is 25.9 Å². The maximum atomic E-state index is 12.4. The highest BCUT2D eigenvalue weighted by molar-refractivity contribution is 5.76. The van der Waals surface area contributed by atoms with Crippen molar-refractivity contribution < 1.29 is 24.5 Å². The van der Waals surface area contributed by atoms with Gasteiger partial charge < -0.3 is 20.3 Å². The molecule has 0 bridgehead atoms. The molecule has 2 unspecified atom stereocenters. The molecule has 0 radical (unpaired) electrons. The minimum atomic E-state index is -0.662. The van der Waals surface area contributed by atoms with Gasteiger partial charge in [0.05, 0.1) is 25.4 Å². The summed E-state index contributed by atoms with van der Waals surface area (Å²) in [4.78, 5) is 24.5. The number of hydrogen-bond acceptors (Lipinski definition) is 5. The summed E-state index contributed by atoms with van der Waals surface area (Å²) in [6, 6.07) is -0.540. The number of nitrogens with one attached hydrogen (secondary N) is 1. The van der Waals surface area contributed by atoms with Gasteiger partial charge in [-0.1, -0.05) is 269 Å². The molecule has 6 nitrogen and oxygen atoms in total. The van der Waals surface area contributed by atoms with Crippen molar-refractivity contribution in [3.8, 4) is 0 Å². The molecule has 68 heavy (non-hydrogen) atoms. The van der Waals surface area contributed by atoms with Crippen molar-refractivity contribution in [1.82, 2.24) is 5.32 Å². The molecule has 0 aliphatic carbocycles. The second-order valence-electron chi connectivity index (χ2n) is 21.0. The second kappa shape index (κ2) is 57.9. The molecule has 0 aliphatic rings. The summed E-state index contributed by atoms with van der Waals surface area (Å²) in [6.45, 7) is 4.94. The molecule has 1 amide bonds. The normalized spacial score (nSPS) is 12.7. The van der Waals surface area contributed by atoms with Crippen molar-refractivity contribution in [1.29, 1.82) is 0 Å². The average Bonchev–Trinajstić information content (AvgIpc) is 3.34. The Labute approximate surface area is 424 Å². The number of unbranched alkanes of at least 4 members (excludes halogenated alkanes) is 42. The lowest BCUT2D eigenvalue weighted by Crippen LogP contribution is -2.45. The summed E-state index contributed by atoms with van der Waals surface area (Å²) in [5.74, 6) is -0.0300. The first kappa shape index (κ1) is 66.3. The second-order valence-corrected chi connectivity index (χ2v) is 21.0.